The number of aromatic nitrogens is 2. The van der Waals surface area contributed by atoms with E-state index in [4.69, 9.17) is 9.84 Å². The monoisotopic (exact) mass is 400 g/mol. The highest BCUT2D eigenvalue weighted by Gasteiger charge is 2.26. The average molecular weight is 400 g/mol. The number of thiophene rings is 1. The number of fused-ring (bicyclic) bond motifs is 1. The van der Waals surface area contributed by atoms with E-state index >= 15 is 0 Å². The normalized spacial score (nSPS) is 16.5. The lowest BCUT2D eigenvalue weighted by molar-refractivity contribution is 0.0949. The number of aromatic amines is 1. The third-order valence-corrected chi connectivity index (χ3v) is 5.81. The quantitative estimate of drug-likeness (QED) is 0.610. The molecule has 0 aliphatic carbocycles. The first-order valence-electron chi connectivity index (χ1n) is 8.93. The van der Waals surface area contributed by atoms with Crippen LogP contribution in [0.3, 0.4) is 0 Å². The van der Waals surface area contributed by atoms with E-state index < -0.39 is 6.09 Å². The standard InChI is InChI=1S/C19H20N4O4S/c1-27-13-5-4-12(15-16(13)22-17(21-15)14-3-2-8-28-14)18(24)20-9-11-6-7-23(10-11)19(25)26/h2-5,8,11H,6-7,9-10H2,1H3,(H,20,24)(H,21,22)(H,25,26). The molecule has 3 aromatic rings. The van der Waals surface area contributed by atoms with E-state index in [1.807, 2.05) is 17.5 Å². The molecule has 1 fully saturated rings. The molecule has 28 heavy (non-hydrogen) atoms. The van der Waals surface area contributed by atoms with Gasteiger partial charge in [-0.2, -0.15) is 0 Å². The predicted octanol–water partition coefficient (Wildman–Crippen LogP) is 3.03. The molecule has 146 valence electrons. The van der Waals surface area contributed by atoms with Gasteiger partial charge in [0.1, 0.15) is 22.6 Å². The highest BCUT2D eigenvalue weighted by atomic mass is 32.1. The molecule has 2 amide bonds. The van der Waals surface area contributed by atoms with Gasteiger partial charge >= 0.3 is 6.09 Å². The van der Waals surface area contributed by atoms with Crippen LogP contribution in [0.25, 0.3) is 21.7 Å². The molecule has 0 radical (unpaired) electrons. The van der Waals surface area contributed by atoms with Crippen LogP contribution in [0.1, 0.15) is 16.8 Å². The number of imidazole rings is 1. The summed E-state index contributed by atoms with van der Waals surface area (Å²) in [6, 6.07) is 7.35. The molecule has 1 saturated heterocycles. The smallest absolute Gasteiger partial charge is 0.407 e. The Kier molecular flexibility index (Phi) is 4.91. The Labute approximate surface area is 165 Å². The second-order valence-corrected chi connectivity index (χ2v) is 7.64. The van der Waals surface area contributed by atoms with Crippen molar-refractivity contribution in [2.75, 3.05) is 26.7 Å². The Morgan fingerprint density at radius 2 is 2.29 bits per heavy atom. The van der Waals surface area contributed by atoms with Crippen LogP contribution in [0, 0.1) is 5.92 Å². The third-order valence-electron chi connectivity index (χ3n) is 4.93. The molecule has 4 rings (SSSR count). The number of benzene rings is 1. The van der Waals surface area contributed by atoms with Gasteiger partial charge in [-0.3, -0.25) is 4.79 Å². The number of nitrogens with zero attached hydrogens (tertiary/aromatic N) is 2. The third kappa shape index (κ3) is 3.40. The van der Waals surface area contributed by atoms with Crippen LogP contribution in [0.15, 0.2) is 29.6 Å². The summed E-state index contributed by atoms with van der Waals surface area (Å²) in [5, 5.41) is 13.9. The van der Waals surface area contributed by atoms with E-state index in [9.17, 15) is 9.59 Å². The fourth-order valence-electron chi connectivity index (χ4n) is 3.46. The highest BCUT2D eigenvalue weighted by molar-refractivity contribution is 7.13. The van der Waals surface area contributed by atoms with Crippen molar-refractivity contribution in [2.45, 2.75) is 6.42 Å². The minimum Gasteiger partial charge on any atom is -0.494 e. The van der Waals surface area contributed by atoms with Gasteiger partial charge in [0.05, 0.1) is 17.6 Å². The number of rotatable bonds is 5. The maximum Gasteiger partial charge on any atom is 0.407 e. The molecule has 0 saturated carbocycles. The first-order valence-corrected chi connectivity index (χ1v) is 9.81. The van der Waals surface area contributed by atoms with Crippen LogP contribution < -0.4 is 10.1 Å². The number of likely N-dealkylation sites (tertiary alicyclic amines) is 1. The van der Waals surface area contributed by atoms with E-state index in [0.29, 0.717) is 47.8 Å². The summed E-state index contributed by atoms with van der Waals surface area (Å²) >= 11 is 1.56. The lowest BCUT2D eigenvalue weighted by atomic mass is 10.1. The molecule has 1 aliphatic rings. The van der Waals surface area contributed by atoms with Gasteiger partial charge in [-0.1, -0.05) is 6.07 Å². The highest BCUT2D eigenvalue weighted by Crippen LogP contribution is 2.31. The Morgan fingerprint density at radius 1 is 1.43 bits per heavy atom. The van der Waals surface area contributed by atoms with Gasteiger partial charge in [0.25, 0.3) is 5.91 Å². The first-order chi connectivity index (χ1) is 13.6. The van der Waals surface area contributed by atoms with Crippen molar-refractivity contribution in [2.24, 2.45) is 5.92 Å². The van der Waals surface area contributed by atoms with E-state index in [1.54, 1.807) is 30.6 Å². The number of nitrogens with one attached hydrogen (secondary N) is 2. The van der Waals surface area contributed by atoms with Crippen LogP contribution in [-0.2, 0) is 0 Å². The molecule has 0 spiro atoms. The van der Waals surface area contributed by atoms with Gasteiger partial charge in [0, 0.05) is 19.6 Å². The Balaban J connectivity index is 1.56. The van der Waals surface area contributed by atoms with Crippen molar-refractivity contribution >= 4 is 34.4 Å². The lowest BCUT2D eigenvalue weighted by Crippen LogP contribution is -2.32. The summed E-state index contributed by atoms with van der Waals surface area (Å²) in [6.07, 6.45) is -0.168. The van der Waals surface area contributed by atoms with E-state index in [-0.39, 0.29) is 11.8 Å². The molecule has 8 nitrogen and oxygen atoms in total. The van der Waals surface area contributed by atoms with Crippen molar-refractivity contribution in [3.8, 4) is 16.5 Å². The van der Waals surface area contributed by atoms with Crippen LogP contribution in [0.2, 0.25) is 0 Å². The van der Waals surface area contributed by atoms with E-state index in [2.05, 4.69) is 15.3 Å². The largest absolute Gasteiger partial charge is 0.494 e. The summed E-state index contributed by atoms with van der Waals surface area (Å²) < 4.78 is 5.41. The zero-order chi connectivity index (χ0) is 19.7. The number of carbonyl (C=O) groups excluding carboxylic acids is 1. The van der Waals surface area contributed by atoms with Crippen LogP contribution in [0.5, 0.6) is 5.75 Å². The fraction of sp³-hybridized carbons (Fsp3) is 0.316. The maximum absolute atomic E-state index is 12.8. The lowest BCUT2D eigenvalue weighted by Gasteiger charge is -2.13. The number of ether oxygens (including phenoxy) is 1. The molecular formula is C19H20N4O4S. The molecule has 9 heteroatoms. The molecule has 3 N–H and O–H groups in total. The van der Waals surface area contributed by atoms with Gasteiger partial charge in [-0.05, 0) is 35.9 Å². The number of amides is 2. The zero-order valence-corrected chi connectivity index (χ0v) is 16.1. The van der Waals surface area contributed by atoms with Gasteiger partial charge in [0.15, 0.2) is 0 Å². The number of carbonyl (C=O) groups is 2. The number of methoxy groups -OCH3 is 1. The van der Waals surface area contributed by atoms with Gasteiger partial charge in [0.2, 0.25) is 0 Å². The predicted molar refractivity (Wildman–Crippen MR) is 106 cm³/mol. The zero-order valence-electron chi connectivity index (χ0n) is 15.3. The maximum atomic E-state index is 12.8. The van der Waals surface area contributed by atoms with Crippen LogP contribution >= 0.6 is 11.3 Å². The second-order valence-electron chi connectivity index (χ2n) is 6.70. The minimum atomic E-state index is -0.914. The van der Waals surface area contributed by atoms with Crippen molar-refractivity contribution in [1.82, 2.24) is 20.2 Å². The number of hydrogen-bond acceptors (Lipinski definition) is 5. The molecule has 2 aromatic heterocycles. The summed E-state index contributed by atoms with van der Waals surface area (Å²) in [5.74, 6) is 1.20. The summed E-state index contributed by atoms with van der Waals surface area (Å²) in [4.78, 5) is 34.1. The van der Waals surface area contributed by atoms with Crippen LogP contribution in [0.4, 0.5) is 4.79 Å². The summed E-state index contributed by atoms with van der Waals surface area (Å²) in [7, 11) is 1.58. The molecule has 1 unspecified atom stereocenters. The van der Waals surface area contributed by atoms with Gasteiger partial charge in [-0.25, -0.2) is 9.78 Å². The van der Waals surface area contributed by atoms with Gasteiger partial charge < -0.3 is 25.0 Å². The number of hydrogen-bond donors (Lipinski definition) is 3. The summed E-state index contributed by atoms with van der Waals surface area (Å²) in [5.41, 5.74) is 1.69. The molecule has 1 aromatic carbocycles. The van der Waals surface area contributed by atoms with Crippen molar-refractivity contribution < 1.29 is 19.4 Å². The van der Waals surface area contributed by atoms with Crippen molar-refractivity contribution in [3.05, 3.63) is 35.2 Å². The molecule has 1 atom stereocenters. The molecule has 0 bridgehead atoms. The molecular weight excluding hydrogens is 380 g/mol. The SMILES string of the molecule is COc1ccc(C(=O)NCC2CCN(C(=O)O)C2)c2nc(-c3cccs3)[nH]c12. The second kappa shape index (κ2) is 7.51. The van der Waals surface area contributed by atoms with Crippen molar-refractivity contribution in [1.29, 1.82) is 0 Å². The Morgan fingerprint density at radius 3 is 2.96 bits per heavy atom. The topological polar surface area (TPSA) is 108 Å². The Hall–Kier alpha value is -3.07. The molecule has 3 heterocycles. The Bertz CT molecular complexity index is 1010. The number of carboxylic acid groups (broad SMARTS) is 1. The van der Waals surface area contributed by atoms with E-state index in [1.165, 1.54) is 4.90 Å². The number of H-pyrrole nitrogens is 1. The fourth-order valence-corrected chi connectivity index (χ4v) is 4.13. The molecule has 1 aliphatic heterocycles. The summed E-state index contributed by atoms with van der Waals surface area (Å²) in [6.45, 7) is 1.38. The van der Waals surface area contributed by atoms with Crippen LogP contribution in [-0.4, -0.2) is 58.7 Å². The minimum absolute atomic E-state index is 0.120. The van der Waals surface area contributed by atoms with E-state index in [0.717, 1.165) is 11.3 Å². The van der Waals surface area contributed by atoms with Crippen molar-refractivity contribution in [3.63, 3.8) is 0 Å². The van der Waals surface area contributed by atoms with Gasteiger partial charge in [-0.15, -0.1) is 11.3 Å². The first kappa shape index (κ1) is 18.3. The average Bonchev–Trinajstić information content (AvgIpc) is 3.44.